The Morgan fingerprint density at radius 3 is 2.20 bits per heavy atom. The average Bonchev–Trinajstić information content (AvgIpc) is 3.15. The molecular weight excluding hydrogens is 310 g/mol. The quantitative estimate of drug-likeness (QED) is 0.616. The summed E-state index contributed by atoms with van der Waals surface area (Å²) in [7, 11) is 1.45. The van der Waals surface area contributed by atoms with Gasteiger partial charge in [0.05, 0.1) is 13.0 Å². The van der Waals surface area contributed by atoms with Crippen molar-refractivity contribution in [3.63, 3.8) is 0 Å². The van der Waals surface area contributed by atoms with Crippen LogP contribution in [0.4, 0.5) is 0 Å². The van der Waals surface area contributed by atoms with Crippen molar-refractivity contribution in [3.05, 3.63) is 83.9 Å². The molecule has 2 atom stereocenters. The summed E-state index contributed by atoms with van der Waals surface area (Å²) < 4.78 is 4.82. The summed E-state index contributed by atoms with van der Waals surface area (Å²) in [6.07, 6.45) is 5.84. The van der Waals surface area contributed by atoms with E-state index in [0.717, 1.165) is 19.4 Å². The zero-order valence-corrected chi connectivity index (χ0v) is 14.6. The minimum absolute atomic E-state index is 0.110. The van der Waals surface area contributed by atoms with Crippen LogP contribution in [-0.4, -0.2) is 25.7 Å². The first-order valence-electron chi connectivity index (χ1n) is 8.87. The number of hydrogen-bond acceptors (Lipinski definition) is 3. The lowest BCUT2D eigenvalue weighted by molar-refractivity contribution is -0.143. The highest BCUT2D eigenvalue weighted by molar-refractivity contribution is 5.75. The van der Waals surface area contributed by atoms with Gasteiger partial charge in [-0.05, 0) is 30.5 Å². The second kappa shape index (κ2) is 8.63. The number of esters is 1. The van der Waals surface area contributed by atoms with E-state index in [1.54, 1.807) is 0 Å². The van der Waals surface area contributed by atoms with Gasteiger partial charge in [-0.25, -0.2) is 0 Å². The summed E-state index contributed by atoms with van der Waals surface area (Å²) in [5, 5.41) is 3.57. The lowest BCUT2D eigenvalue weighted by atomic mass is 9.88. The fourth-order valence-electron chi connectivity index (χ4n) is 3.49. The molecule has 3 nitrogen and oxygen atoms in total. The van der Waals surface area contributed by atoms with Gasteiger partial charge in [0.25, 0.3) is 0 Å². The van der Waals surface area contributed by atoms with Crippen molar-refractivity contribution in [1.82, 2.24) is 5.32 Å². The first-order chi connectivity index (χ1) is 12.3. The Morgan fingerprint density at radius 1 is 1.04 bits per heavy atom. The molecule has 3 heteroatoms. The first kappa shape index (κ1) is 17.4. The molecule has 0 radical (unpaired) electrons. The maximum absolute atomic E-state index is 11.6. The van der Waals surface area contributed by atoms with Gasteiger partial charge >= 0.3 is 5.97 Å². The van der Waals surface area contributed by atoms with Crippen LogP contribution in [0, 0.1) is 5.92 Å². The van der Waals surface area contributed by atoms with Gasteiger partial charge in [0, 0.05) is 12.0 Å². The Bertz CT molecular complexity index is 657. The highest BCUT2D eigenvalue weighted by atomic mass is 16.5. The van der Waals surface area contributed by atoms with E-state index in [0.29, 0.717) is 5.92 Å². The molecule has 0 aromatic heterocycles. The Morgan fingerprint density at radius 2 is 1.64 bits per heavy atom. The van der Waals surface area contributed by atoms with Crippen molar-refractivity contribution in [2.45, 2.75) is 24.8 Å². The smallest absolute Gasteiger partial charge is 0.312 e. The molecule has 2 unspecified atom stereocenters. The minimum Gasteiger partial charge on any atom is -0.469 e. The number of ether oxygens (including phenoxy) is 1. The van der Waals surface area contributed by atoms with Gasteiger partial charge in [-0.1, -0.05) is 72.8 Å². The number of hydrogen-bond donors (Lipinski definition) is 1. The molecule has 1 N–H and O–H groups in total. The third-order valence-corrected chi connectivity index (χ3v) is 4.83. The molecule has 2 aromatic carbocycles. The van der Waals surface area contributed by atoms with E-state index in [2.05, 4.69) is 72.1 Å². The second-order valence-electron chi connectivity index (χ2n) is 6.47. The molecule has 0 amide bonds. The zero-order valence-electron chi connectivity index (χ0n) is 14.6. The highest BCUT2D eigenvalue weighted by Gasteiger charge is 2.25. The van der Waals surface area contributed by atoms with Crippen LogP contribution in [0.25, 0.3) is 0 Å². The molecule has 1 aliphatic rings. The van der Waals surface area contributed by atoms with Crippen LogP contribution in [0.5, 0.6) is 0 Å². The predicted octanol–water partition coefficient (Wildman–Crippen LogP) is 3.92. The van der Waals surface area contributed by atoms with Crippen molar-refractivity contribution in [1.29, 1.82) is 0 Å². The monoisotopic (exact) mass is 335 g/mol. The third kappa shape index (κ3) is 4.58. The Labute approximate surface area is 149 Å². The number of benzene rings is 2. The summed E-state index contributed by atoms with van der Waals surface area (Å²) >= 11 is 0. The lowest BCUT2D eigenvalue weighted by Crippen LogP contribution is -2.29. The minimum atomic E-state index is -0.146. The number of carbonyl (C=O) groups is 1. The fourth-order valence-corrected chi connectivity index (χ4v) is 3.49. The number of nitrogens with one attached hydrogen (secondary N) is 1. The van der Waals surface area contributed by atoms with Crippen molar-refractivity contribution >= 4 is 5.97 Å². The summed E-state index contributed by atoms with van der Waals surface area (Å²) in [4.78, 5) is 11.6. The van der Waals surface area contributed by atoms with E-state index in [1.807, 2.05) is 6.08 Å². The number of rotatable bonds is 7. The summed E-state index contributed by atoms with van der Waals surface area (Å²) in [5.74, 6) is 0.116. The summed E-state index contributed by atoms with van der Waals surface area (Å²) in [6.45, 7) is 0.900. The number of carbonyl (C=O) groups excluding carboxylic acids is 1. The largest absolute Gasteiger partial charge is 0.469 e. The van der Waals surface area contributed by atoms with Crippen LogP contribution in [-0.2, 0) is 9.53 Å². The number of methoxy groups -OCH3 is 1. The molecule has 0 saturated heterocycles. The van der Waals surface area contributed by atoms with Gasteiger partial charge < -0.3 is 10.1 Å². The van der Waals surface area contributed by atoms with E-state index in [-0.39, 0.29) is 17.9 Å². The molecule has 130 valence electrons. The van der Waals surface area contributed by atoms with E-state index >= 15 is 0 Å². The van der Waals surface area contributed by atoms with E-state index in [9.17, 15) is 4.79 Å². The van der Waals surface area contributed by atoms with Crippen molar-refractivity contribution < 1.29 is 9.53 Å². The molecule has 25 heavy (non-hydrogen) atoms. The van der Waals surface area contributed by atoms with Gasteiger partial charge in [0.2, 0.25) is 0 Å². The summed E-state index contributed by atoms with van der Waals surface area (Å²) in [5.41, 5.74) is 2.68. The van der Waals surface area contributed by atoms with Crippen LogP contribution < -0.4 is 5.32 Å². The van der Waals surface area contributed by atoms with Gasteiger partial charge in [-0.15, -0.1) is 0 Å². The van der Waals surface area contributed by atoms with Crippen LogP contribution in [0.15, 0.2) is 72.8 Å². The fraction of sp³-hybridized carbons (Fsp3) is 0.318. The van der Waals surface area contributed by atoms with Crippen LogP contribution >= 0.6 is 0 Å². The van der Waals surface area contributed by atoms with Gasteiger partial charge in [0.1, 0.15) is 0 Å². The van der Waals surface area contributed by atoms with Gasteiger partial charge in [-0.3, -0.25) is 4.79 Å². The Hall–Kier alpha value is -2.39. The van der Waals surface area contributed by atoms with Gasteiger partial charge in [0.15, 0.2) is 0 Å². The van der Waals surface area contributed by atoms with Crippen LogP contribution in [0.2, 0.25) is 0 Å². The van der Waals surface area contributed by atoms with E-state index in [4.69, 9.17) is 4.74 Å². The van der Waals surface area contributed by atoms with Crippen molar-refractivity contribution in [2.24, 2.45) is 5.92 Å². The highest BCUT2D eigenvalue weighted by Crippen LogP contribution is 2.27. The Kier molecular flexibility index (Phi) is 6.02. The molecule has 2 aromatic rings. The predicted molar refractivity (Wildman–Crippen MR) is 100 cm³/mol. The van der Waals surface area contributed by atoms with Gasteiger partial charge in [-0.2, -0.15) is 0 Å². The molecule has 0 aliphatic heterocycles. The second-order valence-corrected chi connectivity index (χ2v) is 6.47. The maximum Gasteiger partial charge on any atom is 0.312 e. The Balaban J connectivity index is 1.59. The SMILES string of the molecule is COC(=O)C1C=CC(NCCC(c2ccccc2)c2ccccc2)C1. The molecule has 1 aliphatic carbocycles. The standard InChI is InChI=1S/C22H25NO2/c1-25-22(24)19-12-13-20(16-19)23-15-14-21(17-8-4-2-5-9-17)18-10-6-3-7-11-18/h2-13,19-21,23H,14-16H2,1H3. The lowest BCUT2D eigenvalue weighted by Gasteiger charge is -2.20. The third-order valence-electron chi connectivity index (χ3n) is 4.83. The van der Waals surface area contributed by atoms with Crippen molar-refractivity contribution in [3.8, 4) is 0 Å². The molecule has 0 fully saturated rings. The average molecular weight is 335 g/mol. The first-order valence-corrected chi connectivity index (χ1v) is 8.87. The normalized spacial score (nSPS) is 19.3. The summed E-state index contributed by atoms with van der Waals surface area (Å²) in [6, 6.07) is 21.5. The molecule has 3 rings (SSSR count). The topological polar surface area (TPSA) is 38.3 Å². The zero-order chi connectivity index (χ0) is 17.5. The molecule has 0 bridgehead atoms. The molecule has 0 heterocycles. The van der Waals surface area contributed by atoms with Crippen LogP contribution in [0.3, 0.4) is 0 Å². The molecule has 0 saturated carbocycles. The van der Waals surface area contributed by atoms with E-state index < -0.39 is 0 Å². The van der Waals surface area contributed by atoms with Crippen molar-refractivity contribution in [2.75, 3.05) is 13.7 Å². The molecular formula is C22H25NO2. The maximum atomic E-state index is 11.6. The van der Waals surface area contributed by atoms with E-state index in [1.165, 1.54) is 18.2 Å². The molecule has 0 spiro atoms. The van der Waals surface area contributed by atoms with Crippen LogP contribution in [0.1, 0.15) is 29.9 Å².